The van der Waals surface area contributed by atoms with Gasteiger partial charge in [0.2, 0.25) is 5.91 Å². The number of carbonyl (C=O) groups excluding carboxylic acids is 1. The first-order valence-corrected chi connectivity index (χ1v) is 7.48. The van der Waals surface area contributed by atoms with Crippen molar-refractivity contribution in [2.75, 3.05) is 5.32 Å². The third-order valence-electron chi connectivity index (χ3n) is 4.61. The van der Waals surface area contributed by atoms with Crippen molar-refractivity contribution in [2.45, 2.75) is 44.8 Å². The van der Waals surface area contributed by atoms with Crippen LogP contribution in [0, 0.1) is 11.8 Å². The number of fused-ring (bicyclic) bond motifs is 1. The van der Waals surface area contributed by atoms with Crippen LogP contribution in [0.3, 0.4) is 0 Å². The number of ether oxygens (including phenoxy) is 2. The number of nitrogens with one attached hydrogen (secondary N) is 1. The first-order valence-electron chi connectivity index (χ1n) is 7.48. The van der Waals surface area contributed by atoms with Crippen LogP contribution >= 0.6 is 0 Å². The lowest BCUT2D eigenvalue weighted by Gasteiger charge is -2.21. The van der Waals surface area contributed by atoms with Gasteiger partial charge in [0.25, 0.3) is 5.79 Å². The van der Waals surface area contributed by atoms with Crippen LogP contribution in [0.4, 0.5) is 5.69 Å². The quantitative estimate of drug-likeness (QED) is 0.899. The number of amides is 1. The molecule has 1 amide bonds. The molecule has 1 aromatic rings. The van der Waals surface area contributed by atoms with Crippen LogP contribution in [0.1, 0.15) is 39.0 Å². The van der Waals surface area contributed by atoms with E-state index >= 15 is 0 Å². The molecular formula is C16H19NO3. The highest BCUT2D eigenvalue weighted by atomic mass is 16.7. The molecule has 4 rings (SSSR count). The smallest absolute Gasteiger partial charge is 0.251 e. The number of hydrogen-bond donors (Lipinski definition) is 1. The fraction of sp³-hybridized carbons (Fsp3) is 0.562. The Hall–Kier alpha value is -1.71. The summed E-state index contributed by atoms with van der Waals surface area (Å²) in [5.41, 5.74) is 0.798. The Morgan fingerprint density at radius 1 is 1.25 bits per heavy atom. The van der Waals surface area contributed by atoms with Gasteiger partial charge in [-0.3, -0.25) is 4.79 Å². The van der Waals surface area contributed by atoms with E-state index in [-0.39, 0.29) is 11.8 Å². The third-order valence-corrected chi connectivity index (χ3v) is 4.61. The summed E-state index contributed by atoms with van der Waals surface area (Å²) in [5, 5.41) is 2.97. The van der Waals surface area contributed by atoms with Crippen LogP contribution < -0.4 is 14.8 Å². The van der Waals surface area contributed by atoms with E-state index in [4.69, 9.17) is 9.47 Å². The van der Waals surface area contributed by atoms with Crippen molar-refractivity contribution in [1.82, 2.24) is 0 Å². The highest BCUT2D eigenvalue weighted by Crippen LogP contribution is 2.47. The summed E-state index contributed by atoms with van der Waals surface area (Å²) in [4.78, 5) is 12.0. The van der Waals surface area contributed by atoms with E-state index < -0.39 is 5.79 Å². The topological polar surface area (TPSA) is 47.6 Å². The molecule has 106 valence electrons. The predicted molar refractivity (Wildman–Crippen MR) is 74.8 cm³/mol. The minimum absolute atomic E-state index is 0.118. The lowest BCUT2D eigenvalue weighted by Crippen LogP contribution is -2.34. The highest BCUT2D eigenvalue weighted by Gasteiger charge is 2.44. The SMILES string of the molecule is CC1CC1C(=O)Nc1ccc2c(c1)OC1(CCCC1)O2. The van der Waals surface area contributed by atoms with Crippen LogP contribution in [0.2, 0.25) is 0 Å². The normalized spacial score (nSPS) is 28.6. The Balaban J connectivity index is 1.50. The molecule has 3 aliphatic rings. The van der Waals surface area contributed by atoms with Crippen LogP contribution in [0.15, 0.2) is 18.2 Å². The van der Waals surface area contributed by atoms with Crippen molar-refractivity contribution >= 4 is 11.6 Å². The average molecular weight is 273 g/mol. The maximum absolute atomic E-state index is 12.0. The minimum Gasteiger partial charge on any atom is -0.448 e. The maximum Gasteiger partial charge on any atom is 0.251 e. The zero-order chi connectivity index (χ0) is 13.7. The van der Waals surface area contributed by atoms with E-state index in [1.165, 1.54) is 0 Å². The van der Waals surface area contributed by atoms with Gasteiger partial charge in [-0.1, -0.05) is 6.92 Å². The Kier molecular flexibility index (Phi) is 2.50. The number of benzene rings is 1. The summed E-state index contributed by atoms with van der Waals surface area (Å²) < 4.78 is 12.0. The van der Waals surface area contributed by atoms with E-state index in [0.717, 1.165) is 49.3 Å². The fourth-order valence-electron chi connectivity index (χ4n) is 3.21. The Morgan fingerprint density at radius 2 is 1.95 bits per heavy atom. The van der Waals surface area contributed by atoms with Crippen molar-refractivity contribution in [3.05, 3.63) is 18.2 Å². The Morgan fingerprint density at radius 3 is 2.65 bits per heavy atom. The lowest BCUT2D eigenvalue weighted by atomic mass is 10.2. The first kappa shape index (κ1) is 12.1. The molecule has 0 aromatic heterocycles. The average Bonchev–Trinajstić information content (AvgIpc) is 2.86. The van der Waals surface area contributed by atoms with E-state index in [1.807, 2.05) is 18.2 Å². The second-order valence-electron chi connectivity index (χ2n) is 6.29. The van der Waals surface area contributed by atoms with Gasteiger partial charge in [0.15, 0.2) is 11.5 Å². The van der Waals surface area contributed by atoms with Gasteiger partial charge in [-0.05, 0) is 37.3 Å². The number of carbonyl (C=O) groups is 1. The Labute approximate surface area is 118 Å². The Bertz CT molecular complexity index is 563. The molecule has 2 aliphatic carbocycles. The summed E-state index contributed by atoms with van der Waals surface area (Å²) in [6.07, 6.45) is 5.19. The highest BCUT2D eigenvalue weighted by molar-refractivity contribution is 5.94. The van der Waals surface area contributed by atoms with E-state index in [0.29, 0.717) is 5.92 Å². The van der Waals surface area contributed by atoms with Crippen molar-refractivity contribution in [3.63, 3.8) is 0 Å². The van der Waals surface area contributed by atoms with Gasteiger partial charge in [-0.2, -0.15) is 0 Å². The number of hydrogen-bond acceptors (Lipinski definition) is 3. The van der Waals surface area contributed by atoms with Gasteiger partial charge in [-0.15, -0.1) is 0 Å². The molecule has 2 saturated carbocycles. The summed E-state index contributed by atoms with van der Waals surface area (Å²) in [7, 11) is 0. The summed E-state index contributed by atoms with van der Waals surface area (Å²) in [5.74, 6) is 1.94. The lowest BCUT2D eigenvalue weighted by molar-refractivity contribution is -0.117. The molecule has 4 nitrogen and oxygen atoms in total. The monoisotopic (exact) mass is 273 g/mol. The molecule has 2 fully saturated rings. The molecule has 1 spiro atoms. The van der Waals surface area contributed by atoms with E-state index in [1.54, 1.807) is 0 Å². The van der Waals surface area contributed by atoms with Gasteiger partial charge in [0.05, 0.1) is 0 Å². The van der Waals surface area contributed by atoms with E-state index in [9.17, 15) is 4.79 Å². The molecule has 0 bridgehead atoms. The fourth-order valence-corrected chi connectivity index (χ4v) is 3.21. The molecular weight excluding hydrogens is 254 g/mol. The molecule has 1 N–H and O–H groups in total. The van der Waals surface area contributed by atoms with Crippen LogP contribution in [-0.4, -0.2) is 11.7 Å². The zero-order valence-corrected chi connectivity index (χ0v) is 11.6. The van der Waals surface area contributed by atoms with Crippen LogP contribution in [0.5, 0.6) is 11.5 Å². The number of rotatable bonds is 2. The third kappa shape index (κ3) is 1.94. The van der Waals surface area contributed by atoms with Gasteiger partial charge in [0.1, 0.15) is 0 Å². The molecule has 20 heavy (non-hydrogen) atoms. The molecule has 2 atom stereocenters. The standard InChI is InChI=1S/C16H19NO3/c1-10-8-12(10)15(18)17-11-4-5-13-14(9-11)20-16(19-13)6-2-3-7-16/h4-5,9-10,12H,2-3,6-8H2,1H3,(H,17,18). The maximum atomic E-state index is 12.0. The second-order valence-corrected chi connectivity index (χ2v) is 6.29. The molecule has 1 aliphatic heterocycles. The van der Waals surface area contributed by atoms with Crippen LogP contribution in [0.25, 0.3) is 0 Å². The number of anilines is 1. The molecule has 0 saturated heterocycles. The van der Waals surface area contributed by atoms with Gasteiger partial charge in [-0.25, -0.2) is 0 Å². The van der Waals surface area contributed by atoms with E-state index in [2.05, 4.69) is 12.2 Å². The second kappa shape index (κ2) is 4.14. The summed E-state index contributed by atoms with van der Waals surface area (Å²) >= 11 is 0. The molecule has 4 heteroatoms. The van der Waals surface area contributed by atoms with Gasteiger partial charge in [0, 0.05) is 30.5 Å². The summed E-state index contributed by atoms with van der Waals surface area (Å²) in [6, 6.07) is 5.67. The van der Waals surface area contributed by atoms with Gasteiger partial charge < -0.3 is 14.8 Å². The van der Waals surface area contributed by atoms with Gasteiger partial charge >= 0.3 is 0 Å². The van der Waals surface area contributed by atoms with Crippen molar-refractivity contribution < 1.29 is 14.3 Å². The molecule has 1 heterocycles. The van der Waals surface area contributed by atoms with Crippen molar-refractivity contribution in [1.29, 1.82) is 0 Å². The predicted octanol–water partition coefficient (Wildman–Crippen LogP) is 3.32. The van der Waals surface area contributed by atoms with Crippen LogP contribution in [-0.2, 0) is 4.79 Å². The molecule has 2 unspecified atom stereocenters. The molecule has 0 radical (unpaired) electrons. The minimum atomic E-state index is -0.435. The molecule has 1 aromatic carbocycles. The van der Waals surface area contributed by atoms with Crippen molar-refractivity contribution in [3.8, 4) is 11.5 Å². The van der Waals surface area contributed by atoms with Crippen molar-refractivity contribution in [2.24, 2.45) is 11.8 Å². The summed E-state index contributed by atoms with van der Waals surface area (Å²) in [6.45, 7) is 2.10. The zero-order valence-electron chi connectivity index (χ0n) is 11.6. The largest absolute Gasteiger partial charge is 0.448 e. The first-order chi connectivity index (χ1) is 9.65.